The summed E-state index contributed by atoms with van der Waals surface area (Å²) < 4.78 is 2.22. The first-order valence-corrected chi connectivity index (χ1v) is 8.76. The average molecular weight is 452 g/mol. The van der Waals surface area contributed by atoms with Gasteiger partial charge in [0.1, 0.15) is 5.82 Å². The quantitative estimate of drug-likeness (QED) is 0.663. The summed E-state index contributed by atoms with van der Waals surface area (Å²) in [5.41, 5.74) is 1.02. The summed E-state index contributed by atoms with van der Waals surface area (Å²) >= 11 is 7.56. The number of aromatic nitrogens is 2. The van der Waals surface area contributed by atoms with Crippen LogP contribution in [0.2, 0.25) is 0 Å². The van der Waals surface area contributed by atoms with Gasteiger partial charge in [-0.15, -0.1) is 11.3 Å². The second-order valence-electron chi connectivity index (χ2n) is 4.24. The minimum Gasteiger partial charge on any atom is -0.369 e. The van der Waals surface area contributed by atoms with Crippen LogP contribution < -0.4 is 5.32 Å². The molecule has 2 aromatic rings. The van der Waals surface area contributed by atoms with Crippen LogP contribution in [-0.4, -0.2) is 16.5 Å². The van der Waals surface area contributed by atoms with Crippen molar-refractivity contribution in [2.75, 3.05) is 11.9 Å². The Kier molecular flexibility index (Phi) is 5.19. The van der Waals surface area contributed by atoms with Gasteiger partial charge < -0.3 is 5.32 Å². The molecule has 6 heteroatoms. The van der Waals surface area contributed by atoms with Gasteiger partial charge in [-0.1, -0.05) is 6.92 Å². The fraction of sp³-hybridized carbons (Fsp3) is 0.385. The van der Waals surface area contributed by atoms with E-state index in [0.717, 1.165) is 43.2 Å². The molecular weight excluding hydrogens is 437 g/mol. The van der Waals surface area contributed by atoms with Crippen molar-refractivity contribution in [3.05, 3.63) is 24.7 Å². The van der Waals surface area contributed by atoms with Gasteiger partial charge in [0.05, 0.1) is 14.1 Å². The predicted molar refractivity (Wildman–Crippen MR) is 94.0 cm³/mol. The molecule has 0 spiro atoms. The van der Waals surface area contributed by atoms with Crippen molar-refractivity contribution >= 4 is 55.7 Å². The Morgan fingerprint density at radius 1 is 1.37 bits per heavy atom. The minimum atomic E-state index is 0.801. The number of hydrogen-bond donors (Lipinski definition) is 1. The summed E-state index contributed by atoms with van der Waals surface area (Å²) in [5, 5.41) is 3.37. The van der Waals surface area contributed by atoms with Crippen molar-refractivity contribution < 1.29 is 0 Å². The first kappa shape index (κ1) is 15.2. The summed E-state index contributed by atoms with van der Waals surface area (Å²) in [7, 11) is 0. The van der Waals surface area contributed by atoms with Crippen LogP contribution in [-0.2, 0) is 0 Å². The van der Waals surface area contributed by atoms with Gasteiger partial charge in [-0.3, -0.25) is 0 Å². The van der Waals surface area contributed by atoms with E-state index in [2.05, 4.69) is 73.7 Å². The number of nitrogens with zero attached hydrogens (tertiary/aromatic N) is 2. The van der Waals surface area contributed by atoms with Crippen molar-refractivity contribution in [1.29, 1.82) is 0 Å². The molecule has 2 rings (SSSR count). The highest BCUT2D eigenvalue weighted by Crippen LogP contribution is 2.33. The minimum absolute atomic E-state index is 0.801. The SMILES string of the molecule is CCCNc1nc(-c2cc(Br)c(C)s2)nc(C)c1I. The monoisotopic (exact) mass is 451 g/mol. The highest BCUT2D eigenvalue weighted by Gasteiger charge is 2.13. The molecule has 0 aromatic carbocycles. The zero-order chi connectivity index (χ0) is 14.0. The number of rotatable bonds is 4. The molecule has 0 saturated heterocycles. The van der Waals surface area contributed by atoms with Gasteiger partial charge in [-0.2, -0.15) is 0 Å². The van der Waals surface area contributed by atoms with E-state index in [0.29, 0.717) is 0 Å². The van der Waals surface area contributed by atoms with E-state index >= 15 is 0 Å². The second-order valence-corrected chi connectivity index (χ2v) is 7.43. The van der Waals surface area contributed by atoms with Gasteiger partial charge in [-0.25, -0.2) is 9.97 Å². The maximum absolute atomic E-state index is 4.66. The van der Waals surface area contributed by atoms with E-state index in [1.54, 1.807) is 11.3 Å². The summed E-state index contributed by atoms with van der Waals surface area (Å²) in [5.74, 6) is 1.74. The third kappa shape index (κ3) is 3.46. The molecule has 19 heavy (non-hydrogen) atoms. The van der Waals surface area contributed by atoms with Crippen molar-refractivity contribution in [2.24, 2.45) is 0 Å². The lowest BCUT2D eigenvalue weighted by molar-refractivity contribution is 0.959. The van der Waals surface area contributed by atoms with Crippen molar-refractivity contribution in [2.45, 2.75) is 27.2 Å². The van der Waals surface area contributed by atoms with Gasteiger partial charge in [0, 0.05) is 15.9 Å². The molecule has 3 nitrogen and oxygen atoms in total. The molecule has 0 atom stereocenters. The Morgan fingerprint density at radius 3 is 2.68 bits per heavy atom. The molecule has 102 valence electrons. The smallest absolute Gasteiger partial charge is 0.171 e. The fourth-order valence-corrected chi connectivity index (χ4v) is 3.50. The normalized spacial score (nSPS) is 10.8. The van der Waals surface area contributed by atoms with Crippen molar-refractivity contribution in [3.8, 4) is 10.7 Å². The maximum atomic E-state index is 4.66. The lowest BCUT2D eigenvalue weighted by Crippen LogP contribution is -2.07. The number of aryl methyl sites for hydroxylation is 2. The number of halogens is 2. The van der Waals surface area contributed by atoms with E-state index in [4.69, 9.17) is 0 Å². The van der Waals surface area contributed by atoms with Gasteiger partial charge in [0.2, 0.25) is 0 Å². The van der Waals surface area contributed by atoms with Crippen LogP contribution in [0.4, 0.5) is 5.82 Å². The standard InChI is InChI=1S/C13H15BrIN3S/c1-4-5-16-13-11(15)7(2)17-12(18-13)10-6-9(14)8(3)19-10/h6H,4-5H2,1-3H3,(H,16,17,18). The van der Waals surface area contributed by atoms with Crippen LogP contribution in [0.15, 0.2) is 10.5 Å². The Morgan fingerprint density at radius 2 is 2.11 bits per heavy atom. The summed E-state index contributed by atoms with van der Waals surface area (Å²) in [4.78, 5) is 11.6. The summed E-state index contributed by atoms with van der Waals surface area (Å²) in [6, 6.07) is 2.09. The summed E-state index contributed by atoms with van der Waals surface area (Å²) in [6.07, 6.45) is 1.08. The highest BCUT2D eigenvalue weighted by molar-refractivity contribution is 14.1. The van der Waals surface area contributed by atoms with Gasteiger partial charge in [0.15, 0.2) is 5.82 Å². The summed E-state index contributed by atoms with van der Waals surface area (Å²) in [6.45, 7) is 7.20. The molecule has 0 fully saturated rings. The molecule has 0 aliphatic carbocycles. The Balaban J connectivity index is 2.43. The molecule has 0 aliphatic heterocycles. The average Bonchev–Trinajstić information content (AvgIpc) is 2.71. The van der Waals surface area contributed by atoms with E-state index in [-0.39, 0.29) is 0 Å². The highest BCUT2D eigenvalue weighted by atomic mass is 127. The second kappa shape index (κ2) is 6.49. The molecule has 2 heterocycles. The molecule has 0 amide bonds. The first-order valence-electron chi connectivity index (χ1n) is 6.07. The molecular formula is C13H15BrIN3S. The van der Waals surface area contributed by atoms with Crippen LogP contribution >= 0.6 is 49.9 Å². The van der Waals surface area contributed by atoms with E-state index in [1.807, 2.05) is 6.92 Å². The molecule has 1 N–H and O–H groups in total. The lowest BCUT2D eigenvalue weighted by Gasteiger charge is -2.09. The number of hydrogen-bond acceptors (Lipinski definition) is 4. The Labute approximate surface area is 139 Å². The van der Waals surface area contributed by atoms with Crippen molar-refractivity contribution in [3.63, 3.8) is 0 Å². The number of nitrogens with one attached hydrogen (secondary N) is 1. The van der Waals surface area contributed by atoms with Crippen LogP contribution in [0.25, 0.3) is 10.7 Å². The largest absolute Gasteiger partial charge is 0.369 e. The Hall–Kier alpha value is -0.210. The van der Waals surface area contributed by atoms with Crippen LogP contribution in [0.3, 0.4) is 0 Å². The van der Waals surface area contributed by atoms with E-state index in [9.17, 15) is 0 Å². The third-order valence-corrected chi connectivity index (χ3v) is 6.06. The van der Waals surface area contributed by atoms with Gasteiger partial charge in [0.25, 0.3) is 0 Å². The maximum Gasteiger partial charge on any atom is 0.171 e. The van der Waals surface area contributed by atoms with Crippen LogP contribution in [0.1, 0.15) is 23.9 Å². The van der Waals surface area contributed by atoms with E-state index < -0.39 is 0 Å². The number of anilines is 1. The molecule has 0 radical (unpaired) electrons. The fourth-order valence-electron chi connectivity index (χ4n) is 1.60. The molecule has 2 aromatic heterocycles. The van der Waals surface area contributed by atoms with Crippen LogP contribution in [0, 0.1) is 17.4 Å². The van der Waals surface area contributed by atoms with Gasteiger partial charge >= 0.3 is 0 Å². The predicted octanol–water partition coefficient (Wildman–Crippen LogP) is 5.01. The lowest BCUT2D eigenvalue weighted by atomic mass is 10.3. The number of thiophene rings is 1. The third-order valence-electron chi connectivity index (χ3n) is 2.64. The van der Waals surface area contributed by atoms with Gasteiger partial charge in [-0.05, 0) is 64.9 Å². The molecule has 0 saturated carbocycles. The van der Waals surface area contributed by atoms with Crippen LogP contribution in [0.5, 0.6) is 0 Å². The van der Waals surface area contributed by atoms with E-state index in [1.165, 1.54) is 4.88 Å². The van der Waals surface area contributed by atoms with Crippen molar-refractivity contribution in [1.82, 2.24) is 9.97 Å². The zero-order valence-corrected chi connectivity index (χ0v) is 15.6. The first-order chi connectivity index (χ1) is 9.02. The molecule has 0 aliphatic rings. The topological polar surface area (TPSA) is 37.8 Å². The molecule has 0 bridgehead atoms. The Bertz CT molecular complexity index is 578. The zero-order valence-electron chi connectivity index (χ0n) is 11.1. The molecule has 0 unspecified atom stereocenters.